The zero-order chi connectivity index (χ0) is 9.68. The molecule has 0 bridgehead atoms. The van der Waals surface area contributed by atoms with Crippen molar-refractivity contribution in [3.05, 3.63) is 42.2 Å². The Bertz CT molecular complexity index is 299. The fraction of sp³-hybridized carbons (Fsp3) is 0.200. The molecule has 0 unspecified atom stereocenters. The smallest absolute Gasteiger partial charge is 0.131 e. The van der Waals surface area contributed by atoms with Gasteiger partial charge in [0.1, 0.15) is 18.2 Å². The van der Waals surface area contributed by atoms with Gasteiger partial charge in [0, 0.05) is 11.6 Å². The maximum atomic E-state index is 13.1. The van der Waals surface area contributed by atoms with Crippen molar-refractivity contribution in [2.75, 3.05) is 6.61 Å². The molecule has 70 valence electrons. The summed E-state index contributed by atoms with van der Waals surface area (Å²) in [6.07, 6.45) is 1.60. The molecule has 0 saturated heterocycles. The van der Waals surface area contributed by atoms with Crippen LogP contribution in [0, 0.1) is 5.82 Å². The number of rotatable bonds is 4. The quantitative estimate of drug-likeness (QED) is 0.536. The Morgan fingerprint density at radius 1 is 1.54 bits per heavy atom. The predicted molar refractivity (Wildman–Crippen MR) is 51.6 cm³/mol. The van der Waals surface area contributed by atoms with Crippen LogP contribution in [0.2, 0.25) is 0 Å². The topological polar surface area (TPSA) is 9.23 Å². The summed E-state index contributed by atoms with van der Waals surface area (Å²) in [5.74, 6) is 0.330. The summed E-state index contributed by atoms with van der Waals surface area (Å²) < 4.78 is 18.2. The highest BCUT2D eigenvalue weighted by molar-refractivity contribution is 6.17. The van der Waals surface area contributed by atoms with E-state index in [-0.39, 0.29) is 11.7 Å². The van der Waals surface area contributed by atoms with Crippen molar-refractivity contribution in [1.29, 1.82) is 0 Å². The van der Waals surface area contributed by atoms with Crippen LogP contribution < -0.4 is 4.74 Å². The molecule has 1 aromatic carbocycles. The Morgan fingerprint density at radius 3 is 2.85 bits per heavy atom. The fourth-order valence-corrected chi connectivity index (χ4v) is 1.10. The normalized spacial score (nSPS) is 9.69. The molecule has 0 atom stereocenters. The molecule has 1 nitrogen and oxygen atoms in total. The molecule has 0 heterocycles. The van der Waals surface area contributed by atoms with Gasteiger partial charge in [0.05, 0.1) is 5.88 Å². The van der Waals surface area contributed by atoms with Gasteiger partial charge in [0.25, 0.3) is 0 Å². The molecule has 0 aromatic heterocycles. The van der Waals surface area contributed by atoms with E-state index in [1.165, 1.54) is 6.07 Å². The van der Waals surface area contributed by atoms with E-state index in [2.05, 4.69) is 6.58 Å². The van der Waals surface area contributed by atoms with Crippen LogP contribution in [-0.2, 0) is 5.88 Å². The van der Waals surface area contributed by atoms with E-state index < -0.39 is 0 Å². The van der Waals surface area contributed by atoms with Gasteiger partial charge in [0.2, 0.25) is 0 Å². The Morgan fingerprint density at radius 2 is 2.31 bits per heavy atom. The molecule has 0 aliphatic rings. The highest BCUT2D eigenvalue weighted by Crippen LogP contribution is 2.17. The standard InChI is InChI=1S/C10H10ClFO/c1-2-5-13-9-4-3-8(7-11)10(12)6-9/h2-4,6H,1,5,7H2. The molecule has 1 rings (SSSR count). The average Bonchev–Trinajstić information content (AvgIpc) is 2.15. The third kappa shape index (κ3) is 2.74. The van der Waals surface area contributed by atoms with Crippen molar-refractivity contribution in [2.24, 2.45) is 0 Å². The molecule has 0 radical (unpaired) electrons. The van der Waals surface area contributed by atoms with E-state index in [0.717, 1.165) is 0 Å². The molecule has 0 fully saturated rings. The molecular weight excluding hydrogens is 191 g/mol. The first-order valence-corrected chi connectivity index (χ1v) is 4.39. The number of benzene rings is 1. The first-order chi connectivity index (χ1) is 6.27. The van der Waals surface area contributed by atoms with Crippen molar-refractivity contribution >= 4 is 11.6 Å². The summed E-state index contributed by atoms with van der Waals surface area (Å²) in [7, 11) is 0. The van der Waals surface area contributed by atoms with Gasteiger partial charge < -0.3 is 4.74 Å². The van der Waals surface area contributed by atoms with Crippen LogP contribution in [-0.4, -0.2) is 6.61 Å². The molecule has 0 aliphatic carbocycles. The van der Waals surface area contributed by atoms with Crippen LogP contribution in [0.3, 0.4) is 0 Å². The summed E-state index contributed by atoms with van der Waals surface area (Å²) in [4.78, 5) is 0. The number of halogens is 2. The summed E-state index contributed by atoms with van der Waals surface area (Å²) in [6, 6.07) is 4.62. The summed E-state index contributed by atoms with van der Waals surface area (Å²) in [5.41, 5.74) is 0.479. The molecule has 1 aromatic rings. The van der Waals surface area contributed by atoms with Crippen LogP contribution in [0.1, 0.15) is 5.56 Å². The molecule has 0 N–H and O–H groups in total. The Kier molecular flexibility index (Phi) is 3.77. The van der Waals surface area contributed by atoms with Crippen LogP contribution in [0.4, 0.5) is 4.39 Å². The van der Waals surface area contributed by atoms with E-state index >= 15 is 0 Å². The SMILES string of the molecule is C=CCOc1ccc(CCl)c(F)c1. The molecule has 0 amide bonds. The molecule has 3 heteroatoms. The number of hydrogen-bond donors (Lipinski definition) is 0. The number of hydrogen-bond acceptors (Lipinski definition) is 1. The highest BCUT2D eigenvalue weighted by Gasteiger charge is 2.02. The van der Waals surface area contributed by atoms with E-state index in [1.807, 2.05) is 0 Å². The lowest BCUT2D eigenvalue weighted by Gasteiger charge is -2.04. The lowest BCUT2D eigenvalue weighted by atomic mass is 10.2. The van der Waals surface area contributed by atoms with Crippen LogP contribution in [0.25, 0.3) is 0 Å². The van der Waals surface area contributed by atoms with Gasteiger partial charge in [-0.05, 0) is 6.07 Å². The Balaban J connectivity index is 2.76. The maximum Gasteiger partial charge on any atom is 0.131 e. The molecule has 0 saturated carbocycles. The lowest BCUT2D eigenvalue weighted by molar-refractivity contribution is 0.360. The van der Waals surface area contributed by atoms with Crippen molar-refractivity contribution in [2.45, 2.75) is 5.88 Å². The van der Waals surface area contributed by atoms with E-state index in [9.17, 15) is 4.39 Å². The largest absolute Gasteiger partial charge is 0.489 e. The summed E-state index contributed by atoms with van der Waals surface area (Å²) in [5, 5.41) is 0. The van der Waals surface area contributed by atoms with Gasteiger partial charge in [-0.25, -0.2) is 4.39 Å². The van der Waals surface area contributed by atoms with Crippen LogP contribution in [0.15, 0.2) is 30.9 Å². The number of ether oxygens (including phenoxy) is 1. The van der Waals surface area contributed by atoms with Gasteiger partial charge in [-0.3, -0.25) is 0 Å². The molecule has 13 heavy (non-hydrogen) atoms. The van der Waals surface area contributed by atoms with Gasteiger partial charge in [-0.1, -0.05) is 18.7 Å². The average molecular weight is 201 g/mol. The minimum Gasteiger partial charge on any atom is -0.489 e. The predicted octanol–water partition coefficient (Wildman–Crippen LogP) is 3.13. The van der Waals surface area contributed by atoms with Gasteiger partial charge in [0.15, 0.2) is 0 Å². The van der Waals surface area contributed by atoms with Crippen LogP contribution in [0.5, 0.6) is 5.75 Å². The highest BCUT2D eigenvalue weighted by atomic mass is 35.5. The van der Waals surface area contributed by atoms with Crippen LogP contribution >= 0.6 is 11.6 Å². The second-order valence-corrected chi connectivity index (χ2v) is 2.75. The van der Waals surface area contributed by atoms with E-state index in [0.29, 0.717) is 17.9 Å². The monoisotopic (exact) mass is 200 g/mol. The maximum absolute atomic E-state index is 13.1. The second-order valence-electron chi connectivity index (χ2n) is 2.49. The first kappa shape index (κ1) is 10.1. The third-order valence-corrected chi connectivity index (χ3v) is 1.82. The summed E-state index contributed by atoms with van der Waals surface area (Å²) in [6.45, 7) is 3.87. The van der Waals surface area contributed by atoms with Crippen molar-refractivity contribution in [3.63, 3.8) is 0 Å². The summed E-state index contributed by atoms with van der Waals surface area (Å²) >= 11 is 5.49. The van der Waals surface area contributed by atoms with Gasteiger partial charge in [-0.2, -0.15) is 0 Å². The fourth-order valence-electron chi connectivity index (χ4n) is 0.881. The first-order valence-electron chi connectivity index (χ1n) is 3.86. The molecule has 0 spiro atoms. The molecule has 0 aliphatic heterocycles. The third-order valence-electron chi connectivity index (χ3n) is 1.54. The Labute approximate surface area is 81.8 Å². The zero-order valence-corrected chi connectivity index (χ0v) is 7.85. The zero-order valence-electron chi connectivity index (χ0n) is 7.09. The van der Waals surface area contributed by atoms with Crippen molar-refractivity contribution in [3.8, 4) is 5.75 Å². The second kappa shape index (κ2) is 4.87. The number of alkyl halides is 1. The van der Waals surface area contributed by atoms with Gasteiger partial charge in [-0.15, -0.1) is 11.6 Å². The van der Waals surface area contributed by atoms with Crippen molar-refractivity contribution in [1.82, 2.24) is 0 Å². The molecular formula is C10H10ClFO. The van der Waals surface area contributed by atoms with E-state index in [1.54, 1.807) is 18.2 Å². The Hall–Kier alpha value is -1.02. The van der Waals surface area contributed by atoms with Gasteiger partial charge >= 0.3 is 0 Å². The minimum absolute atomic E-state index is 0.174. The minimum atomic E-state index is -0.337. The lowest BCUT2D eigenvalue weighted by Crippen LogP contribution is -1.94. The van der Waals surface area contributed by atoms with Crippen molar-refractivity contribution < 1.29 is 9.13 Å². The van der Waals surface area contributed by atoms with E-state index in [4.69, 9.17) is 16.3 Å².